The molecule has 0 aliphatic heterocycles. The van der Waals surface area contributed by atoms with Gasteiger partial charge in [0.25, 0.3) is 9.05 Å². The van der Waals surface area contributed by atoms with Gasteiger partial charge < -0.3 is 9.47 Å². The van der Waals surface area contributed by atoms with Crippen LogP contribution in [-0.4, -0.2) is 28.7 Å². The van der Waals surface area contributed by atoms with E-state index in [0.29, 0.717) is 23.4 Å². The zero-order chi connectivity index (χ0) is 14.5. The third kappa shape index (κ3) is 5.30. The van der Waals surface area contributed by atoms with Gasteiger partial charge >= 0.3 is 0 Å². The molecule has 0 heterocycles. The van der Waals surface area contributed by atoms with Crippen LogP contribution >= 0.6 is 26.6 Å². The maximum Gasteiger partial charge on any atom is 0.265 e. The van der Waals surface area contributed by atoms with E-state index in [4.69, 9.17) is 20.2 Å². The van der Waals surface area contributed by atoms with Gasteiger partial charge in [0.1, 0.15) is 10.6 Å². The molecule has 4 nitrogen and oxygen atoms in total. The van der Waals surface area contributed by atoms with E-state index in [9.17, 15) is 8.42 Å². The fourth-order valence-electron chi connectivity index (χ4n) is 1.59. The second-order valence-corrected chi connectivity index (χ2v) is 7.49. The molecule has 19 heavy (non-hydrogen) atoms. The predicted molar refractivity (Wildman–Crippen MR) is 78.5 cm³/mol. The quantitative estimate of drug-likeness (QED) is 0.544. The van der Waals surface area contributed by atoms with Gasteiger partial charge in [-0.15, -0.1) is 0 Å². The number of benzene rings is 1. The molecule has 0 spiro atoms. The molecule has 0 saturated carbocycles. The molecule has 0 aliphatic carbocycles. The van der Waals surface area contributed by atoms with Crippen LogP contribution in [0.4, 0.5) is 0 Å². The summed E-state index contributed by atoms with van der Waals surface area (Å²) < 4.78 is 34.2. The van der Waals surface area contributed by atoms with Crippen molar-refractivity contribution in [1.29, 1.82) is 0 Å². The summed E-state index contributed by atoms with van der Waals surface area (Å²) in [6.45, 7) is 2.86. The number of hydrogen-bond acceptors (Lipinski definition) is 4. The van der Waals surface area contributed by atoms with E-state index in [1.165, 1.54) is 6.07 Å². The number of aryl methyl sites for hydroxylation is 1. The minimum Gasteiger partial charge on any atom is -0.492 e. The van der Waals surface area contributed by atoms with Gasteiger partial charge in [-0.25, -0.2) is 8.42 Å². The summed E-state index contributed by atoms with van der Waals surface area (Å²) in [6, 6.07) is 3.23. The van der Waals surface area contributed by atoms with Crippen LogP contribution in [0.25, 0.3) is 0 Å². The second kappa shape index (κ2) is 7.47. The zero-order valence-electron chi connectivity index (χ0n) is 10.8. The Morgan fingerprint density at radius 1 is 1.26 bits per heavy atom. The fraction of sp³-hybridized carbons (Fsp3) is 0.500. The van der Waals surface area contributed by atoms with Gasteiger partial charge in [-0.05, 0) is 37.5 Å². The van der Waals surface area contributed by atoms with Crippen LogP contribution in [0.15, 0.2) is 21.5 Å². The summed E-state index contributed by atoms with van der Waals surface area (Å²) in [5.74, 6) is 0.315. The lowest BCUT2D eigenvalue weighted by Crippen LogP contribution is -2.05. The monoisotopic (exact) mass is 370 g/mol. The zero-order valence-corrected chi connectivity index (χ0v) is 13.9. The molecule has 0 amide bonds. The molecular formula is C12H16BrClO4S. The van der Waals surface area contributed by atoms with Crippen molar-refractivity contribution in [3.05, 3.63) is 22.2 Å². The Balaban J connectivity index is 2.87. The van der Waals surface area contributed by atoms with E-state index >= 15 is 0 Å². The van der Waals surface area contributed by atoms with E-state index in [0.717, 1.165) is 18.4 Å². The maximum atomic E-state index is 11.5. The van der Waals surface area contributed by atoms with Crippen LogP contribution in [0.3, 0.4) is 0 Å². The Bertz CT molecular complexity index is 531. The molecule has 1 rings (SSSR count). The topological polar surface area (TPSA) is 52.6 Å². The predicted octanol–water partition coefficient (Wildman–Crippen LogP) is 3.49. The highest BCUT2D eigenvalue weighted by Crippen LogP contribution is 2.33. The molecule has 0 atom stereocenters. The van der Waals surface area contributed by atoms with Gasteiger partial charge in [0.05, 0.1) is 6.61 Å². The van der Waals surface area contributed by atoms with Crippen LogP contribution in [0, 0.1) is 6.92 Å². The lowest BCUT2D eigenvalue weighted by atomic mass is 10.2. The minimum absolute atomic E-state index is 0.00668. The van der Waals surface area contributed by atoms with Gasteiger partial charge in [0, 0.05) is 28.9 Å². The van der Waals surface area contributed by atoms with Crippen molar-refractivity contribution in [3.8, 4) is 5.75 Å². The summed E-state index contributed by atoms with van der Waals surface area (Å²) in [6.07, 6.45) is 1.64. The third-order valence-electron chi connectivity index (χ3n) is 2.46. The van der Waals surface area contributed by atoms with Crippen LogP contribution in [0.5, 0.6) is 5.75 Å². The molecule has 0 fully saturated rings. The Morgan fingerprint density at radius 2 is 1.89 bits per heavy atom. The van der Waals surface area contributed by atoms with Gasteiger partial charge in [0.2, 0.25) is 0 Å². The van der Waals surface area contributed by atoms with Crippen molar-refractivity contribution in [2.45, 2.75) is 24.7 Å². The van der Waals surface area contributed by atoms with Crippen LogP contribution in [0.1, 0.15) is 18.4 Å². The van der Waals surface area contributed by atoms with Crippen molar-refractivity contribution in [2.24, 2.45) is 0 Å². The molecular weight excluding hydrogens is 356 g/mol. The van der Waals surface area contributed by atoms with E-state index in [1.54, 1.807) is 20.1 Å². The number of halogens is 2. The molecule has 7 heteroatoms. The van der Waals surface area contributed by atoms with Gasteiger partial charge in [-0.3, -0.25) is 0 Å². The van der Waals surface area contributed by atoms with E-state index in [1.807, 2.05) is 0 Å². The molecule has 0 aromatic heterocycles. The fourth-order valence-corrected chi connectivity index (χ4v) is 3.36. The Morgan fingerprint density at radius 3 is 2.47 bits per heavy atom. The van der Waals surface area contributed by atoms with Crippen LogP contribution < -0.4 is 4.74 Å². The summed E-state index contributed by atoms with van der Waals surface area (Å²) >= 11 is 3.25. The molecule has 0 N–H and O–H groups in total. The Hall–Kier alpha value is -0.300. The molecule has 0 bridgehead atoms. The number of unbranched alkanes of at least 4 members (excludes halogenated alkanes) is 1. The Kier molecular flexibility index (Phi) is 6.59. The first kappa shape index (κ1) is 16.8. The standard InChI is InChI=1S/C12H16BrClO4S/c1-9-7-10(13)8-11(19(14,15)16)12(9)18-6-4-3-5-17-2/h7-8H,3-6H2,1-2H3. The molecule has 1 aromatic rings. The van der Waals surface area contributed by atoms with Crippen molar-refractivity contribution < 1.29 is 17.9 Å². The van der Waals surface area contributed by atoms with Crippen LogP contribution in [-0.2, 0) is 13.8 Å². The van der Waals surface area contributed by atoms with Gasteiger partial charge in [-0.2, -0.15) is 0 Å². The lowest BCUT2D eigenvalue weighted by Gasteiger charge is -2.13. The summed E-state index contributed by atoms with van der Waals surface area (Å²) in [4.78, 5) is -0.00668. The number of hydrogen-bond donors (Lipinski definition) is 0. The van der Waals surface area contributed by atoms with Crippen molar-refractivity contribution in [1.82, 2.24) is 0 Å². The molecule has 0 aliphatic rings. The van der Waals surface area contributed by atoms with Crippen molar-refractivity contribution >= 4 is 35.7 Å². The van der Waals surface area contributed by atoms with Gasteiger partial charge in [-0.1, -0.05) is 15.9 Å². The Labute approximate surface area is 126 Å². The smallest absolute Gasteiger partial charge is 0.265 e. The molecule has 0 unspecified atom stereocenters. The number of ether oxygens (including phenoxy) is 2. The molecule has 0 saturated heterocycles. The summed E-state index contributed by atoms with van der Waals surface area (Å²) in [7, 11) is 3.23. The maximum absolute atomic E-state index is 11.5. The third-order valence-corrected chi connectivity index (χ3v) is 4.24. The molecule has 1 aromatic carbocycles. The lowest BCUT2D eigenvalue weighted by molar-refractivity contribution is 0.183. The first-order valence-electron chi connectivity index (χ1n) is 5.73. The first-order chi connectivity index (χ1) is 8.86. The van der Waals surface area contributed by atoms with E-state index in [-0.39, 0.29) is 4.90 Å². The highest BCUT2D eigenvalue weighted by atomic mass is 79.9. The van der Waals surface area contributed by atoms with Gasteiger partial charge in [0.15, 0.2) is 0 Å². The average Bonchev–Trinajstić information content (AvgIpc) is 2.29. The minimum atomic E-state index is -3.83. The summed E-state index contributed by atoms with van der Waals surface area (Å²) in [5.41, 5.74) is 0.723. The van der Waals surface area contributed by atoms with E-state index in [2.05, 4.69) is 15.9 Å². The normalized spacial score (nSPS) is 11.6. The average molecular weight is 372 g/mol. The second-order valence-electron chi connectivity index (χ2n) is 4.04. The largest absolute Gasteiger partial charge is 0.492 e. The first-order valence-corrected chi connectivity index (χ1v) is 8.83. The number of methoxy groups -OCH3 is 1. The SMILES string of the molecule is COCCCCOc1c(C)cc(Br)cc1S(=O)(=O)Cl. The van der Waals surface area contributed by atoms with Crippen LogP contribution in [0.2, 0.25) is 0 Å². The van der Waals surface area contributed by atoms with Crippen molar-refractivity contribution in [2.75, 3.05) is 20.3 Å². The highest BCUT2D eigenvalue weighted by Gasteiger charge is 2.19. The van der Waals surface area contributed by atoms with Crippen molar-refractivity contribution in [3.63, 3.8) is 0 Å². The highest BCUT2D eigenvalue weighted by molar-refractivity contribution is 9.10. The van der Waals surface area contributed by atoms with E-state index < -0.39 is 9.05 Å². The number of rotatable bonds is 7. The molecule has 0 radical (unpaired) electrons. The molecule has 108 valence electrons. The summed E-state index contributed by atoms with van der Waals surface area (Å²) in [5, 5.41) is 0.